The first kappa shape index (κ1) is 18.6. The first-order chi connectivity index (χ1) is 9.26. The lowest BCUT2D eigenvalue weighted by atomic mass is 10.1. The Kier molecular flexibility index (Phi) is 7.42. The average Bonchev–Trinajstić information content (AvgIpc) is 2.74. The number of hydrogen-bond donors (Lipinski definition) is 8. The summed E-state index contributed by atoms with van der Waals surface area (Å²) in [6.45, 7) is -1.88. The normalized spacial score (nSPS) is 20.3. The van der Waals surface area contributed by atoms with Crippen molar-refractivity contribution in [3.63, 3.8) is 0 Å². The van der Waals surface area contributed by atoms with Crippen LogP contribution in [0.3, 0.4) is 0 Å². The number of nitrogens with two attached hydrogens (primary N) is 1. The Balaban J connectivity index is 0.000000396. The highest BCUT2D eigenvalue weighted by molar-refractivity contribution is 5.89. The lowest BCUT2D eigenvalue weighted by molar-refractivity contribution is -0.147. The van der Waals surface area contributed by atoms with E-state index in [4.69, 9.17) is 41.5 Å². The summed E-state index contributed by atoms with van der Waals surface area (Å²) in [4.78, 5) is 10.5. The highest BCUT2D eigenvalue weighted by Crippen LogP contribution is 2.20. The SMILES string of the molecule is NC(CO)(CO)CO.O=C1O[C@H]([C@H](O)CO)C(O)=C1O. The number of aliphatic hydroxyl groups excluding tert-OH is 7. The number of cyclic esters (lactones) is 1. The summed E-state index contributed by atoms with van der Waals surface area (Å²) in [5.74, 6) is -2.78. The van der Waals surface area contributed by atoms with Gasteiger partial charge in [0.25, 0.3) is 0 Å². The van der Waals surface area contributed by atoms with Crippen molar-refractivity contribution in [1.82, 2.24) is 0 Å². The molecular weight excluding hydrogens is 278 g/mol. The standard InChI is InChI=1S/C6H8O6.C4H11NO3/c7-1-2(8)5-3(9)4(10)6(11)12-5;5-4(1-6,2-7)3-8/h2,5,7-10H,1H2;6-8H,1-3,5H2/t2-,5-;/m1./s1. The van der Waals surface area contributed by atoms with Crippen molar-refractivity contribution in [2.45, 2.75) is 17.7 Å². The third-order valence-corrected chi connectivity index (χ3v) is 2.42. The van der Waals surface area contributed by atoms with Crippen LogP contribution in [0, 0.1) is 0 Å². The van der Waals surface area contributed by atoms with Gasteiger partial charge in [-0.3, -0.25) is 0 Å². The molecule has 10 nitrogen and oxygen atoms in total. The third kappa shape index (κ3) is 4.59. The molecule has 0 amide bonds. The van der Waals surface area contributed by atoms with Crippen molar-refractivity contribution < 1.29 is 45.3 Å². The molecule has 0 saturated heterocycles. The lowest BCUT2D eigenvalue weighted by Crippen LogP contribution is -2.50. The van der Waals surface area contributed by atoms with E-state index in [2.05, 4.69) is 4.74 Å². The Hall–Kier alpha value is -1.43. The molecule has 2 atom stereocenters. The molecule has 20 heavy (non-hydrogen) atoms. The van der Waals surface area contributed by atoms with E-state index >= 15 is 0 Å². The Morgan fingerprint density at radius 1 is 1.15 bits per heavy atom. The second kappa shape index (κ2) is 7.99. The monoisotopic (exact) mass is 297 g/mol. The molecule has 0 aromatic carbocycles. The van der Waals surface area contributed by atoms with Gasteiger partial charge >= 0.3 is 5.97 Å². The molecule has 10 heteroatoms. The summed E-state index contributed by atoms with van der Waals surface area (Å²) < 4.78 is 4.32. The van der Waals surface area contributed by atoms with E-state index in [1.54, 1.807) is 0 Å². The minimum absolute atomic E-state index is 0.403. The molecule has 1 aliphatic rings. The highest BCUT2D eigenvalue weighted by atomic mass is 16.6. The number of hydrogen-bond acceptors (Lipinski definition) is 10. The van der Waals surface area contributed by atoms with Crippen molar-refractivity contribution in [2.75, 3.05) is 26.4 Å². The van der Waals surface area contributed by atoms with E-state index in [1.807, 2.05) is 0 Å². The molecule has 118 valence electrons. The smallest absolute Gasteiger partial charge is 0.377 e. The van der Waals surface area contributed by atoms with Crippen LogP contribution in [-0.2, 0) is 9.53 Å². The maximum absolute atomic E-state index is 10.5. The van der Waals surface area contributed by atoms with Gasteiger partial charge < -0.3 is 46.2 Å². The molecule has 9 N–H and O–H groups in total. The van der Waals surface area contributed by atoms with Gasteiger partial charge in [-0.2, -0.15) is 0 Å². The van der Waals surface area contributed by atoms with E-state index in [9.17, 15) is 4.79 Å². The zero-order valence-electron chi connectivity index (χ0n) is 10.5. The molecule has 1 rings (SSSR count). The van der Waals surface area contributed by atoms with Gasteiger partial charge in [0.2, 0.25) is 5.76 Å². The predicted molar refractivity (Wildman–Crippen MR) is 63.4 cm³/mol. The lowest BCUT2D eigenvalue weighted by Gasteiger charge is -2.20. The molecule has 0 aromatic heterocycles. The number of aliphatic hydroxyl groups is 7. The molecule has 0 fully saturated rings. The van der Waals surface area contributed by atoms with Crippen LogP contribution < -0.4 is 5.73 Å². The Morgan fingerprint density at radius 3 is 1.80 bits per heavy atom. The van der Waals surface area contributed by atoms with Crippen molar-refractivity contribution in [3.8, 4) is 0 Å². The largest absolute Gasteiger partial charge is 0.505 e. The molecular formula is C10H19NO9. The van der Waals surface area contributed by atoms with Crippen LogP contribution >= 0.6 is 0 Å². The number of esters is 1. The van der Waals surface area contributed by atoms with Crippen molar-refractivity contribution >= 4 is 5.97 Å². The summed E-state index contributed by atoms with van der Waals surface area (Å²) in [5.41, 5.74) is 3.94. The summed E-state index contributed by atoms with van der Waals surface area (Å²) >= 11 is 0. The summed E-state index contributed by atoms with van der Waals surface area (Å²) in [6.07, 6.45) is -2.78. The number of carbonyl (C=O) groups excluding carboxylic acids is 1. The topological polar surface area (TPSA) is 194 Å². The minimum atomic E-state index is -1.42. The molecule has 0 radical (unpaired) electrons. The zero-order valence-corrected chi connectivity index (χ0v) is 10.5. The number of carbonyl (C=O) groups is 1. The molecule has 0 aromatic rings. The van der Waals surface area contributed by atoms with Crippen LogP contribution in [0.4, 0.5) is 0 Å². The van der Waals surface area contributed by atoms with Crippen LogP contribution in [0.15, 0.2) is 11.5 Å². The fraction of sp³-hybridized carbons (Fsp3) is 0.700. The maximum Gasteiger partial charge on any atom is 0.377 e. The molecule has 0 spiro atoms. The van der Waals surface area contributed by atoms with Gasteiger partial charge in [0.05, 0.1) is 32.0 Å². The molecule has 0 aliphatic carbocycles. The summed E-state index contributed by atoms with van der Waals surface area (Å²) in [6, 6.07) is 0. The maximum atomic E-state index is 10.5. The van der Waals surface area contributed by atoms with Gasteiger partial charge in [0, 0.05) is 0 Å². The molecule has 1 heterocycles. The third-order valence-electron chi connectivity index (χ3n) is 2.42. The molecule has 0 bridgehead atoms. The quantitative estimate of drug-likeness (QED) is 0.233. The van der Waals surface area contributed by atoms with E-state index in [0.717, 1.165) is 0 Å². The first-order valence-electron chi connectivity index (χ1n) is 5.49. The Bertz CT molecular complexity index is 344. The van der Waals surface area contributed by atoms with Gasteiger partial charge in [-0.25, -0.2) is 4.79 Å². The Labute approximate surface area is 114 Å². The first-order valence-corrected chi connectivity index (χ1v) is 5.49. The number of rotatable bonds is 5. The second-order valence-corrected chi connectivity index (χ2v) is 4.15. The molecule has 0 unspecified atom stereocenters. The van der Waals surface area contributed by atoms with Crippen molar-refractivity contribution in [1.29, 1.82) is 0 Å². The summed E-state index contributed by atoms with van der Waals surface area (Å²) in [5, 5.41) is 60.1. The van der Waals surface area contributed by atoms with E-state index < -0.39 is 61.7 Å². The van der Waals surface area contributed by atoms with Gasteiger partial charge in [0.1, 0.15) is 6.10 Å². The molecule has 1 aliphatic heterocycles. The molecule has 0 saturated carbocycles. The fourth-order valence-electron chi connectivity index (χ4n) is 0.973. The Morgan fingerprint density at radius 2 is 1.60 bits per heavy atom. The van der Waals surface area contributed by atoms with Crippen LogP contribution in [0.25, 0.3) is 0 Å². The van der Waals surface area contributed by atoms with E-state index in [0.29, 0.717) is 0 Å². The van der Waals surface area contributed by atoms with Crippen LogP contribution in [0.5, 0.6) is 0 Å². The minimum Gasteiger partial charge on any atom is -0.505 e. The van der Waals surface area contributed by atoms with Crippen LogP contribution in [-0.4, -0.2) is 85.9 Å². The van der Waals surface area contributed by atoms with Crippen molar-refractivity contribution in [2.24, 2.45) is 5.73 Å². The van der Waals surface area contributed by atoms with Crippen LogP contribution in [0.2, 0.25) is 0 Å². The highest BCUT2D eigenvalue weighted by Gasteiger charge is 2.38. The van der Waals surface area contributed by atoms with Gasteiger partial charge in [-0.1, -0.05) is 0 Å². The van der Waals surface area contributed by atoms with Gasteiger partial charge in [-0.15, -0.1) is 0 Å². The van der Waals surface area contributed by atoms with Crippen molar-refractivity contribution in [3.05, 3.63) is 11.5 Å². The zero-order chi connectivity index (χ0) is 15.9. The van der Waals surface area contributed by atoms with Crippen LogP contribution in [0.1, 0.15) is 0 Å². The fourth-order valence-corrected chi connectivity index (χ4v) is 0.973. The van der Waals surface area contributed by atoms with Gasteiger partial charge in [0.15, 0.2) is 11.9 Å². The van der Waals surface area contributed by atoms with E-state index in [-0.39, 0.29) is 0 Å². The number of ether oxygens (including phenoxy) is 1. The van der Waals surface area contributed by atoms with Gasteiger partial charge in [-0.05, 0) is 0 Å². The summed E-state index contributed by atoms with van der Waals surface area (Å²) in [7, 11) is 0. The predicted octanol–water partition coefficient (Wildman–Crippen LogP) is -3.75. The second-order valence-electron chi connectivity index (χ2n) is 4.15. The van der Waals surface area contributed by atoms with E-state index in [1.165, 1.54) is 0 Å². The average molecular weight is 297 g/mol.